The Kier molecular flexibility index (Phi) is 3.43. The molecular weight excluding hydrogens is 237 g/mol. The fourth-order valence-corrected chi connectivity index (χ4v) is 3.09. The molecule has 0 bridgehead atoms. The van der Waals surface area contributed by atoms with Gasteiger partial charge in [-0.25, -0.2) is 0 Å². The third-order valence-corrected chi connectivity index (χ3v) is 3.68. The van der Waals surface area contributed by atoms with E-state index in [0.717, 1.165) is 15.8 Å². The molecule has 0 spiro atoms. The van der Waals surface area contributed by atoms with Gasteiger partial charge < -0.3 is 5.32 Å². The van der Waals surface area contributed by atoms with E-state index in [1.54, 1.807) is 0 Å². The van der Waals surface area contributed by atoms with Crippen LogP contribution in [0.15, 0.2) is 0 Å². The highest BCUT2D eigenvalue weighted by molar-refractivity contribution is 14.1. The maximum atomic E-state index is 3.41. The Balaban J connectivity index is 2.40. The summed E-state index contributed by atoms with van der Waals surface area (Å²) in [5.41, 5.74) is 0. The summed E-state index contributed by atoms with van der Waals surface area (Å²) in [5.74, 6) is 1.81. The second-order valence-corrected chi connectivity index (χ2v) is 5.02. The Hall–Kier alpha value is 0.690. The van der Waals surface area contributed by atoms with Crippen molar-refractivity contribution in [2.45, 2.75) is 24.2 Å². The molecule has 1 nitrogen and oxygen atoms in total. The summed E-state index contributed by atoms with van der Waals surface area (Å²) in [5, 5.41) is 3.41. The molecule has 2 heteroatoms. The minimum absolute atomic E-state index is 0.853. The van der Waals surface area contributed by atoms with E-state index < -0.39 is 0 Å². The Morgan fingerprint density at radius 2 is 2.20 bits per heavy atom. The molecule has 0 saturated carbocycles. The minimum Gasteiger partial charge on any atom is -0.316 e. The van der Waals surface area contributed by atoms with Gasteiger partial charge in [0, 0.05) is 10.5 Å². The monoisotopic (exact) mass is 253 g/mol. The molecule has 2 atom stereocenters. The molecule has 1 heterocycles. The Morgan fingerprint density at radius 1 is 1.50 bits per heavy atom. The molecule has 0 aromatic carbocycles. The molecule has 0 unspecified atom stereocenters. The van der Waals surface area contributed by atoms with Crippen molar-refractivity contribution in [2.24, 2.45) is 11.8 Å². The van der Waals surface area contributed by atoms with E-state index in [1.807, 2.05) is 0 Å². The number of rotatable bonds is 1. The molecule has 1 aliphatic rings. The largest absolute Gasteiger partial charge is 0.316 e. The van der Waals surface area contributed by atoms with Crippen molar-refractivity contribution < 1.29 is 0 Å². The minimum atomic E-state index is 0.853. The van der Waals surface area contributed by atoms with Gasteiger partial charge in [-0.3, -0.25) is 0 Å². The van der Waals surface area contributed by atoms with Gasteiger partial charge in [-0.1, -0.05) is 36.4 Å². The van der Waals surface area contributed by atoms with Gasteiger partial charge in [0.1, 0.15) is 0 Å². The molecular formula is C8H16IN. The number of hydrogen-bond acceptors (Lipinski definition) is 1. The van der Waals surface area contributed by atoms with Crippen molar-refractivity contribution in [1.82, 2.24) is 5.32 Å². The van der Waals surface area contributed by atoms with Crippen molar-refractivity contribution in [3.8, 4) is 0 Å². The van der Waals surface area contributed by atoms with Crippen molar-refractivity contribution in [3.05, 3.63) is 0 Å². The lowest BCUT2D eigenvalue weighted by Crippen LogP contribution is -2.39. The molecule has 1 rings (SSSR count). The van der Waals surface area contributed by atoms with Crippen LogP contribution in [0, 0.1) is 11.8 Å². The van der Waals surface area contributed by atoms with E-state index in [1.165, 1.54) is 19.5 Å². The molecule has 60 valence electrons. The third kappa shape index (κ3) is 2.09. The first kappa shape index (κ1) is 8.78. The number of alkyl halides is 1. The van der Waals surface area contributed by atoms with Crippen LogP contribution in [0.3, 0.4) is 0 Å². The summed E-state index contributed by atoms with van der Waals surface area (Å²) in [7, 11) is 0. The first-order valence-electron chi connectivity index (χ1n) is 4.06. The van der Waals surface area contributed by atoms with Crippen LogP contribution < -0.4 is 5.32 Å². The average Bonchev–Trinajstić information content (AvgIpc) is 1.88. The summed E-state index contributed by atoms with van der Waals surface area (Å²) >= 11 is 2.57. The van der Waals surface area contributed by atoms with Gasteiger partial charge in [-0.05, 0) is 24.8 Å². The lowest BCUT2D eigenvalue weighted by molar-refractivity contribution is 0.310. The van der Waals surface area contributed by atoms with E-state index >= 15 is 0 Å². The zero-order valence-electron chi connectivity index (χ0n) is 6.73. The SMILES string of the molecule is CC(C)[C@@H]1CCNC[C@@H]1I. The van der Waals surface area contributed by atoms with Crippen LogP contribution in [0.25, 0.3) is 0 Å². The second-order valence-electron chi connectivity index (χ2n) is 3.42. The smallest absolute Gasteiger partial charge is 0.0266 e. The van der Waals surface area contributed by atoms with Crippen LogP contribution in [-0.2, 0) is 0 Å². The van der Waals surface area contributed by atoms with Gasteiger partial charge in [0.2, 0.25) is 0 Å². The maximum absolute atomic E-state index is 3.41. The van der Waals surface area contributed by atoms with Crippen molar-refractivity contribution >= 4 is 22.6 Å². The van der Waals surface area contributed by atoms with Gasteiger partial charge in [-0.2, -0.15) is 0 Å². The van der Waals surface area contributed by atoms with E-state index in [0.29, 0.717) is 0 Å². The van der Waals surface area contributed by atoms with Crippen LogP contribution in [-0.4, -0.2) is 17.0 Å². The molecule has 1 fully saturated rings. The van der Waals surface area contributed by atoms with Gasteiger partial charge in [0.05, 0.1) is 0 Å². The fourth-order valence-electron chi connectivity index (χ4n) is 1.59. The quantitative estimate of drug-likeness (QED) is 0.557. The van der Waals surface area contributed by atoms with Gasteiger partial charge in [0.25, 0.3) is 0 Å². The van der Waals surface area contributed by atoms with Crippen molar-refractivity contribution in [2.75, 3.05) is 13.1 Å². The predicted molar refractivity (Wildman–Crippen MR) is 53.6 cm³/mol. The summed E-state index contributed by atoms with van der Waals surface area (Å²) in [6.07, 6.45) is 1.37. The average molecular weight is 253 g/mol. The van der Waals surface area contributed by atoms with Gasteiger partial charge in [0.15, 0.2) is 0 Å². The lowest BCUT2D eigenvalue weighted by atomic mass is 9.87. The van der Waals surface area contributed by atoms with Crippen molar-refractivity contribution in [3.63, 3.8) is 0 Å². The number of halogens is 1. The van der Waals surface area contributed by atoms with Crippen LogP contribution in [0.2, 0.25) is 0 Å². The fraction of sp³-hybridized carbons (Fsp3) is 1.00. The highest BCUT2D eigenvalue weighted by Crippen LogP contribution is 2.26. The van der Waals surface area contributed by atoms with Crippen LogP contribution in [0.4, 0.5) is 0 Å². The first-order chi connectivity index (χ1) is 4.72. The predicted octanol–water partition coefficient (Wildman–Crippen LogP) is 2.06. The highest BCUT2D eigenvalue weighted by atomic mass is 127. The summed E-state index contributed by atoms with van der Waals surface area (Å²) in [4.78, 5) is 0. The third-order valence-electron chi connectivity index (χ3n) is 2.31. The maximum Gasteiger partial charge on any atom is 0.0266 e. The number of piperidine rings is 1. The molecule has 1 saturated heterocycles. The summed E-state index contributed by atoms with van der Waals surface area (Å²) in [6, 6.07) is 0. The molecule has 0 aromatic rings. The van der Waals surface area contributed by atoms with E-state index in [9.17, 15) is 0 Å². The molecule has 0 aromatic heterocycles. The Labute approximate surface area is 77.1 Å². The van der Waals surface area contributed by atoms with E-state index in [2.05, 4.69) is 41.8 Å². The first-order valence-corrected chi connectivity index (χ1v) is 5.31. The zero-order chi connectivity index (χ0) is 7.56. The Morgan fingerprint density at radius 3 is 2.60 bits per heavy atom. The molecule has 0 amide bonds. The van der Waals surface area contributed by atoms with Gasteiger partial charge >= 0.3 is 0 Å². The van der Waals surface area contributed by atoms with Gasteiger partial charge in [-0.15, -0.1) is 0 Å². The standard InChI is InChI=1S/C8H16IN/c1-6(2)7-3-4-10-5-8(7)9/h6-8,10H,3-5H2,1-2H3/t7-,8-/m0/s1. The van der Waals surface area contributed by atoms with E-state index in [-0.39, 0.29) is 0 Å². The summed E-state index contributed by atoms with van der Waals surface area (Å²) in [6.45, 7) is 7.11. The number of hydrogen-bond donors (Lipinski definition) is 1. The normalized spacial score (nSPS) is 34.8. The lowest BCUT2D eigenvalue weighted by Gasteiger charge is -2.31. The molecule has 0 aliphatic carbocycles. The number of nitrogens with one attached hydrogen (secondary N) is 1. The molecule has 1 aliphatic heterocycles. The van der Waals surface area contributed by atoms with Crippen LogP contribution in [0.5, 0.6) is 0 Å². The summed E-state index contributed by atoms with van der Waals surface area (Å²) < 4.78 is 0.853. The van der Waals surface area contributed by atoms with E-state index in [4.69, 9.17) is 0 Å². The second kappa shape index (κ2) is 3.90. The molecule has 10 heavy (non-hydrogen) atoms. The molecule has 0 radical (unpaired) electrons. The molecule has 1 N–H and O–H groups in total. The van der Waals surface area contributed by atoms with Crippen molar-refractivity contribution in [1.29, 1.82) is 0 Å². The zero-order valence-corrected chi connectivity index (χ0v) is 8.89. The van der Waals surface area contributed by atoms with Crippen LogP contribution >= 0.6 is 22.6 Å². The topological polar surface area (TPSA) is 12.0 Å². The highest BCUT2D eigenvalue weighted by Gasteiger charge is 2.24. The van der Waals surface area contributed by atoms with Crippen LogP contribution in [0.1, 0.15) is 20.3 Å². The Bertz CT molecular complexity index is 103.